The topological polar surface area (TPSA) is 37.6 Å². The van der Waals surface area contributed by atoms with Crippen LogP contribution in [0.5, 0.6) is 0 Å². The molecule has 182 valence electrons. The van der Waals surface area contributed by atoms with Gasteiger partial charge < -0.3 is 4.57 Å². The third-order valence-electron chi connectivity index (χ3n) is 7.63. The van der Waals surface area contributed by atoms with Crippen LogP contribution in [0.3, 0.4) is 0 Å². The number of hydrogen-bond donors (Lipinski definition) is 0. The fourth-order valence-corrected chi connectivity index (χ4v) is 6.02. The Morgan fingerprint density at radius 3 is 2.19 bits per heavy atom. The quantitative estimate of drug-likeness (QED) is 0.314. The lowest BCUT2D eigenvalue weighted by atomic mass is 9.75. The Labute approximate surface area is 213 Å². The first kappa shape index (κ1) is 22.9. The van der Waals surface area contributed by atoms with Gasteiger partial charge in [-0.2, -0.15) is 0 Å². The van der Waals surface area contributed by atoms with Gasteiger partial charge in [0.1, 0.15) is 6.54 Å². The Bertz CT molecular complexity index is 1410. The van der Waals surface area contributed by atoms with Crippen LogP contribution in [0.4, 0.5) is 0 Å². The number of aromatic nitrogens is 1. The van der Waals surface area contributed by atoms with E-state index in [0.717, 1.165) is 55.7 Å². The maximum Gasteiger partial charge on any atom is 0.184 e. The molecule has 0 radical (unpaired) electrons. The molecule has 0 amide bonds. The van der Waals surface area contributed by atoms with Crippen LogP contribution in [0, 0.1) is 5.41 Å². The van der Waals surface area contributed by atoms with Crippen molar-refractivity contribution in [1.29, 1.82) is 0 Å². The average molecular weight is 476 g/mol. The summed E-state index contributed by atoms with van der Waals surface area (Å²) in [6.07, 6.45) is 1.93. The summed E-state index contributed by atoms with van der Waals surface area (Å²) >= 11 is 0. The van der Waals surface area contributed by atoms with Gasteiger partial charge in [0, 0.05) is 59.6 Å². The second-order valence-corrected chi connectivity index (χ2v) is 11.1. The van der Waals surface area contributed by atoms with Crippen LogP contribution in [0.15, 0.2) is 83.9 Å². The normalized spacial score (nSPS) is 16.3. The molecule has 4 aromatic rings. The number of nitrogens with zero attached hydrogens (tertiary/aromatic N) is 3. The van der Waals surface area contributed by atoms with E-state index in [1.807, 2.05) is 12.1 Å². The summed E-state index contributed by atoms with van der Waals surface area (Å²) in [6, 6.07) is 27.7. The minimum atomic E-state index is 0.124. The molecule has 0 bridgehead atoms. The van der Waals surface area contributed by atoms with Crippen molar-refractivity contribution in [3.8, 4) is 0 Å². The Kier molecular flexibility index (Phi) is 5.85. The van der Waals surface area contributed by atoms with Gasteiger partial charge in [-0.25, -0.2) is 0 Å². The first-order valence-corrected chi connectivity index (χ1v) is 13.0. The highest BCUT2D eigenvalue weighted by Crippen LogP contribution is 2.42. The minimum absolute atomic E-state index is 0.124. The van der Waals surface area contributed by atoms with Crippen LogP contribution in [-0.4, -0.2) is 34.1 Å². The molecule has 1 aliphatic heterocycles. The van der Waals surface area contributed by atoms with E-state index in [1.165, 1.54) is 27.9 Å². The largest absolute Gasteiger partial charge is 0.343 e. The lowest BCUT2D eigenvalue weighted by Crippen LogP contribution is -2.31. The predicted molar refractivity (Wildman–Crippen MR) is 147 cm³/mol. The lowest BCUT2D eigenvalue weighted by molar-refractivity contribution is 0.100. The molecule has 0 N–H and O–H groups in total. The van der Waals surface area contributed by atoms with Crippen molar-refractivity contribution < 1.29 is 4.79 Å². The molecule has 4 nitrogen and oxygen atoms in total. The monoisotopic (exact) mass is 475 g/mol. The predicted octanol–water partition coefficient (Wildman–Crippen LogP) is 6.30. The summed E-state index contributed by atoms with van der Waals surface area (Å²) in [5.41, 5.74) is 8.50. The van der Waals surface area contributed by atoms with Crippen LogP contribution in [0.1, 0.15) is 53.0 Å². The van der Waals surface area contributed by atoms with Crippen molar-refractivity contribution in [2.75, 3.05) is 13.1 Å². The van der Waals surface area contributed by atoms with Gasteiger partial charge in [-0.3, -0.25) is 14.7 Å². The summed E-state index contributed by atoms with van der Waals surface area (Å²) in [4.78, 5) is 20.4. The van der Waals surface area contributed by atoms with E-state index in [1.54, 1.807) is 0 Å². The van der Waals surface area contributed by atoms with Gasteiger partial charge in [0.05, 0.1) is 0 Å². The van der Waals surface area contributed by atoms with Crippen molar-refractivity contribution >= 4 is 22.4 Å². The maximum absolute atomic E-state index is 13.0. The number of carbonyl (C=O) groups is 1. The summed E-state index contributed by atoms with van der Waals surface area (Å²) in [7, 11) is 0. The molecular formula is C32H33N3O. The number of ketones is 1. The molecule has 0 unspecified atom stereocenters. The van der Waals surface area contributed by atoms with Crippen molar-refractivity contribution in [1.82, 2.24) is 9.47 Å². The van der Waals surface area contributed by atoms with Gasteiger partial charge >= 0.3 is 0 Å². The van der Waals surface area contributed by atoms with E-state index in [4.69, 9.17) is 4.99 Å². The number of aliphatic imine (C=N–C) groups is 1. The first-order valence-electron chi connectivity index (χ1n) is 13.0. The maximum atomic E-state index is 13.0. The number of carbonyl (C=O) groups excluding carboxylic acids is 1. The third-order valence-corrected chi connectivity index (χ3v) is 7.63. The first-order chi connectivity index (χ1) is 17.5. The molecule has 6 rings (SSSR count). The van der Waals surface area contributed by atoms with Crippen molar-refractivity contribution in [3.05, 3.63) is 107 Å². The van der Waals surface area contributed by atoms with Gasteiger partial charge in [0.25, 0.3) is 0 Å². The lowest BCUT2D eigenvalue weighted by Gasteiger charge is -2.32. The number of rotatable bonds is 7. The summed E-state index contributed by atoms with van der Waals surface area (Å²) < 4.78 is 2.49. The van der Waals surface area contributed by atoms with Crippen LogP contribution in [0.2, 0.25) is 0 Å². The molecule has 0 fully saturated rings. The number of hydrogen-bond acceptors (Lipinski definition) is 3. The summed E-state index contributed by atoms with van der Waals surface area (Å²) in [6.45, 7) is 8.52. The molecule has 1 aromatic heterocycles. The van der Waals surface area contributed by atoms with E-state index in [2.05, 4.69) is 90.0 Å². The molecule has 4 heteroatoms. The highest BCUT2D eigenvalue weighted by atomic mass is 16.1. The molecule has 0 saturated heterocycles. The molecule has 2 heterocycles. The average Bonchev–Trinajstić information content (AvgIpc) is 3.11. The van der Waals surface area contributed by atoms with E-state index in [0.29, 0.717) is 0 Å². The Morgan fingerprint density at radius 2 is 1.53 bits per heavy atom. The zero-order chi connectivity index (χ0) is 24.7. The smallest absolute Gasteiger partial charge is 0.184 e. The van der Waals surface area contributed by atoms with E-state index >= 15 is 0 Å². The molecular weight excluding hydrogens is 442 g/mol. The van der Waals surface area contributed by atoms with Gasteiger partial charge in [-0.15, -0.1) is 0 Å². The number of benzene rings is 3. The van der Waals surface area contributed by atoms with Crippen molar-refractivity contribution in [2.24, 2.45) is 10.4 Å². The van der Waals surface area contributed by atoms with E-state index < -0.39 is 0 Å². The zero-order valence-corrected chi connectivity index (χ0v) is 21.2. The third kappa shape index (κ3) is 4.31. The SMILES string of the molecule is CC1(C)CC2=NCC(=O)c3cccc4c3c2c(n4CCN(Cc2ccccc2)Cc2ccccc2)C1. The Hall–Kier alpha value is -3.50. The van der Waals surface area contributed by atoms with Crippen LogP contribution < -0.4 is 0 Å². The fraction of sp³-hybridized carbons (Fsp3) is 0.312. The molecule has 0 spiro atoms. The summed E-state index contributed by atoms with van der Waals surface area (Å²) in [5.74, 6) is 0.134. The van der Waals surface area contributed by atoms with Gasteiger partial charge in [0.2, 0.25) is 0 Å². The van der Waals surface area contributed by atoms with Gasteiger partial charge in [-0.05, 0) is 35.4 Å². The van der Waals surface area contributed by atoms with Gasteiger partial charge in [0.15, 0.2) is 5.78 Å². The Balaban J connectivity index is 1.39. The fourth-order valence-electron chi connectivity index (χ4n) is 6.02. The second kappa shape index (κ2) is 9.18. The van der Waals surface area contributed by atoms with Crippen molar-refractivity contribution in [2.45, 2.75) is 46.3 Å². The second-order valence-electron chi connectivity index (χ2n) is 11.1. The molecule has 0 atom stereocenters. The van der Waals surface area contributed by atoms with Crippen molar-refractivity contribution in [3.63, 3.8) is 0 Å². The van der Waals surface area contributed by atoms with Crippen LogP contribution >= 0.6 is 0 Å². The summed E-state index contributed by atoms with van der Waals surface area (Å²) in [5, 5.41) is 1.13. The van der Waals surface area contributed by atoms with Crippen LogP contribution in [0.25, 0.3) is 10.9 Å². The molecule has 2 aliphatic rings. The molecule has 3 aromatic carbocycles. The standard InChI is InChI=1S/C32H33N3O/c1-32(2)18-26-31-28(19-32)35(27-15-9-14-25(30(27)31)29(36)20-33-26)17-16-34(21-23-10-5-3-6-11-23)22-24-12-7-4-8-13-24/h3-15H,16-22H2,1-2H3. The van der Waals surface area contributed by atoms with Gasteiger partial charge in [-0.1, -0.05) is 86.6 Å². The van der Waals surface area contributed by atoms with E-state index in [9.17, 15) is 4.79 Å². The highest BCUT2D eigenvalue weighted by molar-refractivity contribution is 6.22. The highest BCUT2D eigenvalue weighted by Gasteiger charge is 2.36. The van der Waals surface area contributed by atoms with Crippen LogP contribution in [-0.2, 0) is 26.1 Å². The molecule has 1 aliphatic carbocycles. The minimum Gasteiger partial charge on any atom is -0.343 e. The number of Topliss-reactive ketones (excluding diaryl/α,β-unsaturated/α-hetero) is 1. The van der Waals surface area contributed by atoms with E-state index in [-0.39, 0.29) is 17.7 Å². The Morgan fingerprint density at radius 1 is 0.861 bits per heavy atom. The molecule has 36 heavy (non-hydrogen) atoms. The zero-order valence-electron chi connectivity index (χ0n) is 21.2. The molecule has 0 saturated carbocycles.